The van der Waals surface area contributed by atoms with E-state index in [9.17, 15) is 4.79 Å². The Labute approximate surface area is 147 Å². The summed E-state index contributed by atoms with van der Waals surface area (Å²) in [7, 11) is 5.82. The lowest BCUT2D eigenvalue weighted by molar-refractivity contribution is -0.124. The van der Waals surface area contributed by atoms with E-state index in [4.69, 9.17) is 10.5 Å². The van der Waals surface area contributed by atoms with E-state index in [0.29, 0.717) is 19.5 Å². The van der Waals surface area contributed by atoms with Crippen LogP contribution in [-0.4, -0.2) is 56.7 Å². The molecule has 0 radical (unpaired) electrons. The first kappa shape index (κ1) is 24.2. The zero-order chi connectivity index (χ0) is 15.2. The number of hydrogen-bond acceptors (Lipinski definition) is 4. The molecule has 0 aromatic heterocycles. The lowest BCUT2D eigenvalue weighted by atomic mass is 9.75. The van der Waals surface area contributed by atoms with Crippen LogP contribution < -0.4 is 11.1 Å². The molecule has 0 bridgehead atoms. The molecular weight excluding hydrogens is 325 g/mol. The second-order valence-electron chi connectivity index (χ2n) is 6.39. The van der Waals surface area contributed by atoms with Gasteiger partial charge in [-0.3, -0.25) is 4.79 Å². The average Bonchev–Trinajstić information content (AvgIpc) is 2.42. The number of methoxy groups -OCH3 is 1. The summed E-state index contributed by atoms with van der Waals surface area (Å²) in [6.45, 7) is 3.39. The molecule has 0 aromatic rings. The van der Waals surface area contributed by atoms with Gasteiger partial charge in [-0.2, -0.15) is 0 Å². The van der Waals surface area contributed by atoms with Gasteiger partial charge in [0.1, 0.15) is 0 Å². The Bertz CT molecular complexity index is 315. The number of hydrogen-bond donors (Lipinski definition) is 2. The molecule has 1 fully saturated rings. The Balaban J connectivity index is 0. The van der Waals surface area contributed by atoms with Gasteiger partial charge in [-0.25, -0.2) is 0 Å². The van der Waals surface area contributed by atoms with Gasteiger partial charge in [0.2, 0.25) is 5.91 Å². The number of nitrogens with two attached hydrogens (primary N) is 1. The summed E-state index contributed by atoms with van der Waals surface area (Å²) in [5.74, 6) is 0.751. The summed E-state index contributed by atoms with van der Waals surface area (Å²) >= 11 is 0. The molecular formula is C15H33Cl2N3O2. The minimum absolute atomic E-state index is 0. The molecule has 0 saturated heterocycles. The highest BCUT2D eigenvalue weighted by Gasteiger charge is 2.37. The lowest BCUT2D eigenvalue weighted by Gasteiger charge is -2.45. The van der Waals surface area contributed by atoms with E-state index in [2.05, 4.69) is 31.2 Å². The van der Waals surface area contributed by atoms with Crippen molar-refractivity contribution in [2.45, 2.75) is 50.7 Å². The molecule has 3 atom stereocenters. The molecule has 0 heterocycles. The maximum Gasteiger partial charge on any atom is 0.222 e. The fraction of sp³-hybridized carbons (Fsp3) is 0.933. The molecule has 0 aliphatic heterocycles. The van der Waals surface area contributed by atoms with E-state index in [1.165, 1.54) is 12.8 Å². The third kappa shape index (κ3) is 7.01. The highest BCUT2D eigenvalue weighted by Crippen LogP contribution is 2.35. The number of carbonyl (C=O) groups excluding carboxylic acids is 1. The molecule has 1 saturated carbocycles. The number of halogens is 2. The van der Waals surface area contributed by atoms with Crippen molar-refractivity contribution in [2.75, 3.05) is 34.3 Å². The monoisotopic (exact) mass is 357 g/mol. The third-order valence-corrected chi connectivity index (χ3v) is 4.64. The van der Waals surface area contributed by atoms with Crippen LogP contribution in [0.3, 0.4) is 0 Å². The van der Waals surface area contributed by atoms with Crippen molar-refractivity contribution in [3.63, 3.8) is 0 Å². The molecule has 0 aromatic carbocycles. The molecule has 1 aliphatic carbocycles. The maximum absolute atomic E-state index is 12.0. The van der Waals surface area contributed by atoms with Crippen LogP contribution in [0.2, 0.25) is 0 Å². The minimum Gasteiger partial charge on any atom is -0.380 e. The van der Waals surface area contributed by atoms with Gasteiger partial charge in [0.05, 0.1) is 12.5 Å². The van der Waals surface area contributed by atoms with Crippen LogP contribution in [0.5, 0.6) is 0 Å². The van der Waals surface area contributed by atoms with Gasteiger partial charge in [0, 0.05) is 25.7 Å². The number of nitrogens with one attached hydrogen (secondary N) is 1. The van der Waals surface area contributed by atoms with Crippen molar-refractivity contribution in [1.82, 2.24) is 10.2 Å². The summed E-state index contributed by atoms with van der Waals surface area (Å²) in [6.07, 6.45) is 4.98. The number of carbonyl (C=O) groups is 1. The molecule has 1 aliphatic rings. The number of amides is 1. The van der Waals surface area contributed by atoms with Crippen LogP contribution in [0, 0.1) is 5.92 Å². The quantitative estimate of drug-likeness (QED) is 0.729. The van der Waals surface area contributed by atoms with Crippen LogP contribution >= 0.6 is 24.8 Å². The smallest absolute Gasteiger partial charge is 0.222 e. The van der Waals surface area contributed by atoms with Gasteiger partial charge >= 0.3 is 0 Å². The molecule has 1 amide bonds. The zero-order valence-corrected chi connectivity index (χ0v) is 15.9. The molecule has 7 heteroatoms. The van der Waals surface area contributed by atoms with Crippen molar-refractivity contribution >= 4 is 30.7 Å². The summed E-state index contributed by atoms with van der Waals surface area (Å²) in [5, 5.41) is 3.08. The van der Waals surface area contributed by atoms with Gasteiger partial charge in [0.25, 0.3) is 0 Å². The Kier molecular flexibility index (Phi) is 12.6. The van der Waals surface area contributed by atoms with Gasteiger partial charge in [-0.15, -0.1) is 24.8 Å². The fourth-order valence-corrected chi connectivity index (χ4v) is 3.16. The second kappa shape index (κ2) is 11.5. The first-order chi connectivity index (χ1) is 9.43. The topological polar surface area (TPSA) is 67.6 Å². The summed E-state index contributed by atoms with van der Waals surface area (Å²) in [5.41, 5.74) is 5.65. The molecule has 22 heavy (non-hydrogen) atoms. The lowest BCUT2D eigenvalue weighted by Crippen LogP contribution is -2.55. The summed E-state index contributed by atoms with van der Waals surface area (Å²) < 4.78 is 5.16. The normalized spacial score (nSPS) is 25.8. The first-order valence-electron chi connectivity index (χ1n) is 7.60. The van der Waals surface area contributed by atoms with Crippen LogP contribution in [-0.2, 0) is 9.53 Å². The van der Waals surface area contributed by atoms with E-state index in [0.717, 1.165) is 18.8 Å². The maximum atomic E-state index is 12.0. The van der Waals surface area contributed by atoms with E-state index in [1.54, 1.807) is 7.11 Å². The fourth-order valence-electron chi connectivity index (χ4n) is 3.16. The molecule has 3 unspecified atom stereocenters. The predicted octanol–water partition coefficient (Wildman–Crippen LogP) is 1.82. The van der Waals surface area contributed by atoms with Gasteiger partial charge in [-0.1, -0.05) is 19.8 Å². The Morgan fingerprint density at radius 2 is 2.09 bits per heavy atom. The van der Waals surface area contributed by atoms with E-state index in [-0.39, 0.29) is 42.4 Å². The third-order valence-electron chi connectivity index (χ3n) is 4.64. The molecule has 134 valence electrons. The Morgan fingerprint density at radius 1 is 1.45 bits per heavy atom. The number of rotatable bonds is 7. The summed E-state index contributed by atoms with van der Waals surface area (Å²) in [6, 6.07) is 0. The van der Waals surface area contributed by atoms with Crippen LogP contribution in [0.4, 0.5) is 0 Å². The van der Waals surface area contributed by atoms with Crippen molar-refractivity contribution < 1.29 is 9.53 Å². The molecule has 0 spiro atoms. The molecule has 3 N–H and O–H groups in total. The van der Waals surface area contributed by atoms with Crippen molar-refractivity contribution in [2.24, 2.45) is 11.7 Å². The van der Waals surface area contributed by atoms with Gasteiger partial charge in [0.15, 0.2) is 0 Å². The second-order valence-corrected chi connectivity index (χ2v) is 6.39. The SMILES string of the molecule is COC(CN)CC(=O)NCC1(N(C)C)CCCC(C)C1.Cl.Cl. The van der Waals surface area contributed by atoms with Gasteiger partial charge in [-0.05, 0) is 32.9 Å². The standard InChI is InChI=1S/C15H31N3O2.2ClH/c1-12-6-5-7-15(9-12,18(2)3)11-17-14(19)8-13(10-16)20-4;;/h12-13H,5-11,16H2,1-4H3,(H,17,19);2*1H. The van der Waals surface area contributed by atoms with Crippen LogP contribution in [0.1, 0.15) is 39.0 Å². The predicted molar refractivity (Wildman–Crippen MR) is 96.0 cm³/mol. The van der Waals surface area contributed by atoms with Crippen molar-refractivity contribution in [3.8, 4) is 0 Å². The Hall–Kier alpha value is -0.0700. The van der Waals surface area contributed by atoms with E-state index in [1.807, 2.05) is 0 Å². The number of ether oxygens (including phenoxy) is 1. The largest absolute Gasteiger partial charge is 0.380 e. The minimum atomic E-state index is -0.185. The summed E-state index contributed by atoms with van der Waals surface area (Å²) in [4.78, 5) is 14.3. The molecule has 1 rings (SSSR count). The highest BCUT2D eigenvalue weighted by molar-refractivity contribution is 5.85. The van der Waals surface area contributed by atoms with Gasteiger partial charge < -0.3 is 20.7 Å². The van der Waals surface area contributed by atoms with E-state index < -0.39 is 0 Å². The van der Waals surface area contributed by atoms with Crippen molar-refractivity contribution in [3.05, 3.63) is 0 Å². The number of likely N-dealkylation sites (N-methyl/N-ethyl adjacent to an activating group) is 1. The zero-order valence-electron chi connectivity index (χ0n) is 14.3. The van der Waals surface area contributed by atoms with Crippen LogP contribution in [0.15, 0.2) is 0 Å². The first-order valence-corrected chi connectivity index (χ1v) is 7.60. The number of nitrogens with zero attached hydrogens (tertiary/aromatic N) is 1. The van der Waals surface area contributed by atoms with Crippen molar-refractivity contribution in [1.29, 1.82) is 0 Å². The van der Waals surface area contributed by atoms with Crippen LogP contribution in [0.25, 0.3) is 0 Å². The van der Waals surface area contributed by atoms with E-state index >= 15 is 0 Å². The molecule has 5 nitrogen and oxygen atoms in total. The average molecular weight is 358 g/mol. The Morgan fingerprint density at radius 3 is 2.55 bits per heavy atom. The highest BCUT2D eigenvalue weighted by atomic mass is 35.5.